The first-order valence-corrected chi connectivity index (χ1v) is 11.6. The predicted octanol–water partition coefficient (Wildman–Crippen LogP) is 3.62. The van der Waals surface area contributed by atoms with Crippen LogP contribution >= 0.6 is 0 Å². The van der Waals surface area contributed by atoms with Crippen molar-refractivity contribution < 1.29 is 14.3 Å². The van der Waals surface area contributed by atoms with Crippen LogP contribution in [0.3, 0.4) is 0 Å². The number of piperidine rings is 1. The van der Waals surface area contributed by atoms with Crippen LogP contribution in [0.15, 0.2) is 30.5 Å². The molecule has 0 radical (unpaired) electrons. The molecule has 1 aliphatic carbocycles. The molecule has 1 saturated carbocycles. The molecule has 4 rings (SSSR count). The topological polar surface area (TPSA) is 84.4 Å². The molecule has 7 nitrogen and oxygen atoms in total. The first-order valence-electron chi connectivity index (χ1n) is 11.6. The summed E-state index contributed by atoms with van der Waals surface area (Å²) in [7, 11) is 1.62. The number of nitrogens with zero attached hydrogens (tertiary/aromatic N) is 3. The van der Waals surface area contributed by atoms with E-state index in [4.69, 9.17) is 4.74 Å². The summed E-state index contributed by atoms with van der Waals surface area (Å²) in [5.41, 5.74) is 2.10. The lowest BCUT2D eigenvalue weighted by Crippen LogP contribution is -2.42. The van der Waals surface area contributed by atoms with E-state index in [2.05, 4.69) is 15.3 Å². The Morgan fingerprint density at radius 3 is 2.75 bits per heavy atom. The number of hydrogen-bond acceptors (Lipinski definition) is 5. The van der Waals surface area contributed by atoms with E-state index in [0.29, 0.717) is 30.3 Å². The summed E-state index contributed by atoms with van der Waals surface area (Å²) in [6, 6.07) is 7.61. The van der Waals surface area contributed by atoms with Gasteiger partial charge in [0.1, 0.15) is 11.6 Å². The second-order valence-electron chi connectivity index (χ2n) is 8.87. The summed E-state index contributed by atoms with van der Waals surface area (Å²) in [6.45, 7) is 3.75. The SMILES string of the molecule is COc1cccc(CNC(=O)c2cnc([C@H]3CCCN(C(=O)C4CCCC4)C3)nc2C)c1. The van der Waals surface area contributed by atoms with Crippen LogP contribution in [0.1, 0.15) is 71.9 Å². The molecule has 0 unspecified atom stereocenters. The fourth-order valence-electron chi connectivity index (χ4n) is 4.78. The Kier molecular flexibility index (Phi) is 7.02. The van der Waals surface area contributed by atoms with Crippen LogP contribution < -0.4 is 10.1 Å². The second-order valence-corrected chi connectivity index (χ2v) is 8.87. The van der Waals surface area contributed by atoms with Gasteiger partial charge in [-0.3, -0.25) is 9.59 Å². The molecule has 1 N–H and O–H groups in total. The number of aryl methyl sites for hydroxylation is 1. The van der Waals surface area contributed by atoms with Gasteiger partial charge in [-0.1, -0.05) is 25.0 Å². The van der Waals surface area contributed by atoms with Gasteiger partial charge in [0.05, 0.1) is 18.4 Å². The number of carbonyl (C=O) groups is 2. The van der Waals surface area contributed by atoms with Crippen molar-refractivity contribution in [3.8, 4) is 5.75 Å². The molecular weight excluding hydrogens is 404 g/mol. The molecule has 1 aliphatic heterocycles. The maximum atomic E-state index is 12.8. The molecule has 2 heterocycles. The number of benzene rings is 1. The molecule has 2 aromatic rings. The minimum atomic E-state index is -0.196. The number of rotatable bonds is 6. The van der Waals surface area contributed by atoms with Crippen LogP contribution in [-0.4, -0.2) is 46.9 Å². The van der Waals surface area contributed by atoms with Crippen LogP contribution in [0.2, 0.25) is 0 Å². The zero-order valence-electron chi connectivity index (χ0n) is 19.0. The molecule has 1 saturated heterocycles. The van der Waals surface area contributed by atoms with Gasteiger partial charge in [-0.2, -0.15) is 0 Å². The highest BCUT2D eigenvalue weighted by Crippen LogP contribution is 2.30. The van der Waals surface area contributed by atoms with Crippen LogP contribution in [0.25, 0.3) is 0 Å². The molecule has 7 heteroatoms. The second kappa shape index (κ2) is 10.1. The average Bonchev–Trinajstić information content (AvgIpc) is 3.37. The minimum Gasteiger partial charge on any atom is -0.497 e. The van der Waals surface area contributed by atoms with E-state index < -0.39 is 0 Å². The summed E-state index contributed by atoms with van der Waals surface area (Å²) >= 11 is 0. The lowest BCUT2D eigenvalue weighted by Gasteiger charge is -2.33. The fraction of sp³-hybridized carbons (Fsp3) is 0.520. The number of methoxy groups -OCH3 is 1. The average molecular weight is 437 g/mol. The Hall–Kier alpha value is -2.96. The van der Waals surface area contributed by atoms with Crippen LogP contribution in [0, 0.1) is 12.8 Å². The summed E-state index contributed by atoms with van der Waals surface area (Å²) < 4.78 is 5.23. The summed E-state index contributed by atoms with van der Waals surface area (Å²) in [6.07, 6.45) is 7.93. The van der Waals surface area contributed by atoms with Crippen molar-refractivity contribution in [1.29, 1.82) is 0 Å². The van der Waals surface area contributed by atoms with Crippen LogP contribution in [0.5, 0.6) is 5.75 Å². The van der Waals surface area contributed by atoms with Crippen molar-refractivity contribution in [1.82, 2.24) is 20.2 Å². The van der Waals surface area contributed by atoms with Gasteiger partial charge in [-0.05, 0) is 50.3 Å². The van der Waals surface area contributed by atoms with Crippen molar-refractivity contribution in [3.63, 3.8) is 0 Å². The molecule has 32 heavy (non-hydrogen) atoms. The highest BCUT2D eigenvalue weighted by atomic mass is 16.5. The van der Waals surface area contributed by atoms with E-state index in [1.54, 1.807) is 13.3 Å². The normalized spacial score (nSPS) is 19.1. The maximum absolute atomic E-state index is 12.8. The monoisotopic (exact) mass is 436 g/mol. The molecule has 170 valence electrons. The van der Waals surface area contributed by atoms with E-state index in [9.17, 15) is 9.59 Å². The molecule has 2 fully saturated rings. The molecule has 1 aromatic carbocycles. The standard InChI is InChI=1S/C25H32N4O3/c1-17-22(24(30)27-14-18-7-5-11-21(13-18)32-2)15-26-23(28-17)20-10-6-12-29(16-20)25(31)19-8-3-4-9-19/h5,7,11,13,15,19-20H,3-4,6,8-10,12,14,16H2,1-2H3,(H,27,30)/t20-/m0/s1. The van der Waals surface area contributed by atoms with Gasteiger partial charge in [-0.15, -0.1) is 0 Å². The molecule has 1 atom stereocenters. The van der Waals surface area contributed by atoms with Crippen molar-refractivity contribution in [3.05, 3.63) is 53.1 Å². The largest absolute Gasteiger partial charge is 0.497 e. The lowest BCUT2D eigenvalue weighted by molar-refractivity contribution is -0.136. The minimum absolute atomic E-state index is 0.127. The number of hydrogen-bond donors (Lipinski definition) is 1. The van der Waals surface area contributed by atoms with Gasteiger partial charge in [0.2, 0.25) is 5.91 Å². The van der Waals surface area contributed by atoms with Crippen LogP contribution in [0.4, 0.5) is 0 Å². The molecule has 0 spiro atoms. The van der Waals surface area contributed by atoms with E-state index >= 15 is 0 Å². The highest BCUT2D eigenvalue weighted by Gasteiger charge is 2.32. The molecule has 0 bridgehead atoms. The lowest BCUT2D eigenvalue weighted by atomic mass is 9.95. The van der Waals surface area contributed by atoms with Gasteiger partial charge in [0.15, 0.2) is 0 Å². The Labute approximate surface area is 189 Å². The maximum Gasteiger partial charge on any atom is 0.254 e. The summed E-state index contributed by atoms with van der Waals surface area (Å²) in [4.78, 5) is 36.7. The van der Waals surface area contributed by atoms with Gasteiger partial charge in [0.25, 0.3) is 5.91 Å². The van der Waals surface area contributed by atoms with E-state index in [-0.39, 0.29) is 17.7 Å². The van der Waals surface area contributed by atoms with Crippen molar-refractivity contribution in [2.45, 2.75) is 57.9 Å². The van der Waals surface area contributed by atoms with Gasteiger partial charge >= 0.3 is 0 Å². The number of likely N-dealkylation sites (tertiary alicyclic amines) is 1. The molecule has 2 aliphatic rings. The molecular formula is C25H32N4O3. The zero-order valence-corrected chi connectivity index (χ0v) is 19.0. The first kappa shape index (κ1) is 22.2. The number of aromatic nitrogens is 2. The van der Waals surface area contributed by atoms with Crippen molar-refractivity contribution in [2.24, 2.45) is 5.92 Å². The van der Waals surface area contributed by atoms with Crippen molar-refractivity contribution >= 4 is 11.8 Å². The quantitative estimate of drug-likeness (QED) is 0.748. The fourth-order valence-corrected chi connectivity index (χ4v) is 4.78. The Morgan fingerprint density at radius 1 is 1.19 bits per heavy atom. The highest BCUT2D eigenvalue weighted by molar-refractivity contribution is 5.94. The summed E-state index contributed by atoms with van der Waals surface area (Å²) in [5, 5.41) is 2.93. The van der Waals surface area contributed by atoms with Gasteiger partial charge in [0, 0.05) is 37.7 Å². The van der Waals surface area contributed by atoms with Gasteiger partial charge < -0.3 is 15.0 Å². The molecule has 1 aromatic heterocycles. The Bertz CT molecular complexity index is 971. The molecule has 2 amide bonds. The number of nitrogens with one attached hydrogen (secondary N) is 1. The van der Waals surface area contributed by atoms with E-state index in [1.165, 1.54) is 0 Å². The first-order chi connectivity index (χ1) is 15.5. The third-order valence-electron chi connectivity index (χ3n) is 6.63. The Balaban J connectivity index is 1.38. The number of carbonyl (C=O) groups excluding carboxylic acids is 2. The van der Waals surface area contributed by atoms with E-state index in [1.807, 2.05) is 36.1 Å². The predicted molar refractivity (Wildman–Crippen MR) is 121 cm³/mol. The van der Waals surface area contributed by atoms with Gasteiger partial charge in [-0.25, -0.2) is 9.97 Å². The zero-order chi connectivity index (χ0) is 22.5. The third-order valence-corrected chi connectivity index (χ3v) is 6.63. The Morgan fingerprint density at radius 2 is 2.00 bits per heavy atom. The summed E-state index contributed by atoms with van der Waals surface area (Å²) in [5.74, 6) is 1.93. The smallest absolute Gasteiger partial charge is 0.254 e. The third kappa shape index (κ3) is 5.09. The van der Waals surface area contributed by atoms with Crippen molar-refractivity contribution in [2.75, 3.05) is 20.2 Å². The number of amides is 2. The van der Waals surface area contributed by atoms with E-state index in [0.717, 1.165) is 62.2 Å². The van der Waals surface area contributed by atoms with Crippen LogP contribution in [-0.2, 0) is 11.3 Å². The number of ether oxygens (including phenoxy) is 1.